The largest absolute Gasteiger partial charge is 0.486 e. The van der Waals surface area contributed by atoms with Crippen molar-refractivity contribution in [3.8, 4) is 11.5 Å². The lowest BCUT2D eigenvalue weighted by atomic mass is 10.2. The summed E-state index contributed by atoms with van der Waals surface area (Å²) in [6.45, 7) is 0.787. The van der Waals surface area contributed by atoms with E-state index in [-0.39, 0.29) is 11.9 Å². The van der Waals surface area contributed by atoms with Crippen molar-refractivity contribution in [2.45, 2.75) is 6.10 Å². The number of anilines is 1. The van der Waals surface area contributed by atoms with Gasteiger partial charge in [-0.15, -0.1) is 0 Å². The highest BCUT2D eigenvalue weighted by molar-refractivity contribution is 5.89. The van der Waals surface area contributed by atoms with Crippen molar-refractivity contribution < 1.29 is 18.7 Å². The lowest BCUT2D eigenvalue weighted by Crippen LogP contribution is -2.40. The zero-order valence-corrected chi connectivity index (χ0v) is 13.2. The SMILES string of the molecule is O=C(NNC=NCC1COc2ccccc2O1)Nc1ccc(F)cc1. The summed E-state index contributed by atoms with van der Waals surface area (Å²) in [6, 6.07) is 12.4. The molecule has 2 amide bonds. The number of halogens is 1. The second-order valence-electron chi connectivity index (χ2n) is 5.22. The third kappa shape index (κ3) is 4.84. The van der Waals surface area contributed by atoms with Gasteiger partial charge in [-0.1, -0.05) is 12.1 Å². The van der Waals surface area contributed by atoms with E-state index in [2.05, 4.69) is 21.2 Å². The molecule has 130 valence electrons. The van der Waals surface area contributed by atoms with E-state index in [1.165, 1.54) is 30.6 Å². The van der Waals surface area contributed by atoms with Crippen LogP contribution in [0.1, 0.15) is 0 Å². The van der Waals surface area contributed by atoms with E-state index in [0.29, 0.717) is 24.6 Å². The summed E-state index contributed by atoms with van der Waals surface area (Å²) < 4.78 is 24.1. The number of amides is 2. The Labute approximate surface area is 143 Å². The molecule has 1 heterocycles. The van der Waals surface area contributed by atoms with Crippen molar-refractivity contribution in [2.75, 3.05) is 18.5 Å². The summed E-state index contributed by atoms with van der Waals surface area (Å²) in [5, 5.41) is 2.53. The maximum Gasteiger partial charge on any atom is 0.337 e. The summed E-state index contributed by atoms with van der Waals surface area (Å²) in [6.07, 6.45) is 1.16. The van der Waals surface area contributed by atoms with Gasteiger partial charge in [0.05, 0.1) is 6.54 Å². The molecule has 1 aliphatic rings. The molecular formula is C17H17FN4O3. The van der Waals surface area contributed by atoms with Gasteiger partial charge in [-0.05, 0) is 36.4 Å². The van der Waals surface area contributed by atoms with Gasteiger partial charge >= 0.3 is 6.03 Å². The van der Waals surface area contributed by atoms with E-state index >= 15 is 0 Å². The van der Waals surface area contributed by atoms with E-state index in [1.807, 2.05) is 24.3 Å². The van der Waals surface area contributed by atoms with Gasteiger partial charge in [0.2, 0.25) is 0 Å². The number of hydrogen-bond donors (Lipinski definition) is 3. The molecule has 3 N–H and O–H groups in total. The van der Waals surface area contributed by atoms with Gasteiger partial charge in [-0.25, -0.2) is 9.18 Å². The first kappa shape index (κ1) is 16.6. The summed E-state index contributed by atoms with van der Waals surface area (Å²) in [7, 11) is 0. The Kier molecular flexibility index (Phi) is 5.30. The van der Waals surface area contributed by atoms with E-state index in [9.17, 15) is 9.18 Å². The molecule has 0 bridgehead atoms. The molecule has 3 rings (SSSR count). The molecule has 2 aromatic rings. The molecule has 0 aromatic heterocycles. The molecule has 0 saturated heterocycles. The molecule has 8 heteroatoms. The van der Waals surface area contributed by atoms with Gasteiger partial charge in [0.1, 0.15) is 18.8 Å². The van der Waals surface area contributed by atoms with Gasteiger partial charge in [0.25, 0.3) is 0 Å². The zero-order valence-electron chi connectivity index (χ0n) is 13.2. The molecule has 1 unspecified atom stereocenters. The number of fused-ring (bicyclic) bond motifs is 1. The summed E-state index contributed by atoms with van der Waals surface area (Å²) >= 11 is 0. The minimum Gasteiger partial charge on any atom is -0.486 e. The van der Waals surface area contributed by atoms with Crippen molar-refractivity contribution in [3.05, 3.63) is 54.3 Å². The number of urea groups is 1. The van der Waals surface area contributed by atoms with Crippen LogP contribution in [0.25, 0.3) is 0 Å². The molecule has 0 radical (unpaired) electrons. The second kappa shape index (κ2) is 8.00. The molecule has 0 spiro atoms. The smallest absolute Gasteiger partial charge is 0.337 e. The van der Waals surface area contributed by atoms with Crippen molar-refractivity contribution in [1.82, 2.24) is 10.9 Å². The topological polar surface area (TPSA) is 84.0 Å². The second-order valence-corrected chi connectivity index (χ2v) is 5.22. The van der Waals surface area contributed by atoms with Crippen LogP contribution in [0.5, 0.6) is 11.5 Å². The predicted molar refractivity (Wildman–Crippen MR) is 91.4 cm³/mol. The Morgan fingerprint density at radius 1 is 1.20 bits per heavy atom. The average Bonchev–Trinajstić information content (AvgIpc) is 2.63. The summed E-state index contributed by atoms with van der Waals surface area (Å²) in [5.41, 5.74) is 5.41. The Morgan fingerprint density at radius 2 is 1.96 bits per heavy atom. The Bertz CT molecular complexity index is 752. The van der Waals surface area contributed by atoms with Gasteiger partial charge < -0.3 is 14.8 Å². The van der Waals surface area contributed by atoms with Crippen molar-refractivity contribution in [2.24, 2.45) is 4.99 Å². The van der Waals surface area contributed by atoms with Crippen LogP contribution in [0, 0.1) is 5.82 Å². The number of aliphatic imine (C=N–C) groups is 1. The highest BCUT2D eigenvalue weighted by Crippen LogP contribution is 2.30. The third-order valence-electron chi connectivity index (χ3n) is 3.32. The van der Waals surface area contributed by atoms with Crippen LogP contribution in [0.3, 0.4) is 0 Å². The fraction of sp³-hybridized carbons (Fsp3) is 0.176. The number of ether oxygens (including phenoxy) is 2. The zero-order chi connectivity index (χ0) is 17.5. The fourth-order valence-electron chi connectivity index (χ4n) is 2.16. The Morgan fingerprint density at radius 3 is 2.76 bits per heavy atom. The highest BCUT2D eigenvalue weighted by atomic mass is 19.1. The predicted octanol–water partition coefficient (Wildman–Crippen LogP) is 2.32. The molecule has 7 nitrogen and oxygen atoms in total. The number of nitrogens with one attached hydrogen (secondary N) is 3. The van der Waals surface area contributed by atoms with Gasteiger partial charge in [-0.3, -0.25) is 15.8 Å². The summed E-state index contributed by atoms with van der Waals surface area (Å²) in [4.78, 5) is 15.7. The number of nitrogens with zero attached hydrogens (tertiary/aromatic N) is 1. The lowest BCUT2D eigenvalue weighted by molar-refractivity contribution is 0.0972. The van der Waals surface area contributed by atoms with Crippen LogP contribution >= 0.6 is 0 Å². The Balaban J connectivity index is 1.36. The molecule has 0 saturated carbocycles. The number of hydrogen-bond acceptors (Lipinski definition) is 4. The third-order valence-corrected chi connectivity index (χ3v) is 3.32. The van der Waals surface area contributed by atoms with Crippen LogP contribution in [-0.2, 0) is 0 Å². The minimum atomic E-state index is -0.496. The molecule has 1 atom stereocenters. The van der Waals surface area contributed by atoms with E-state index in [1.54, 1.807) is 0 Å². The molecule has 0 aliphatic carbocycles. The van der Waals surface area contributed by atoms with Gasteiger partial charge in [0, 0.05) is 5.69 Å². The summed E-state index contributed by atoms with van der Waals surface area (Å²) in [5.74, 6) is 1.05. The van der Waals surface area contributed by atoms with Crippen molar-refractivity contribution in [3.63, 3.8) is 0 Å². The van der Waals surface area contributed by atoms with Crippen LogP contribution in [-0.4, -0.2) is 31.6 Å². The lowest BCUT2D eigenvalue weighted by Gasteiger charge is -2.25. The van der Waals surface area contributed by atoms with Gasteiger partial charge in [0.15, 0.2) is 17.6 Å². The number of rotatable bonds is 5. The van der Waals surface area contributed by atoms with Crippen molar-refractivity contribution >= 4 is 18.1 Å². The molecule has 0 fully saturated rings. The number of carbonyl (C=O) groups excluding carboxylic acids is 1. The first-order valence-corrected chi connectivity index (χ1v) is 7.65. The number of benzene rings is 2. The molecule has 1 aliphatic heterocycles. The standard InChI is InChI=1S/C17H17FN4O3/c18-12-5-7-13(8-6-12)21-17(23)22-20-11-19-9-14-10-24-15-3-1-2-4-16(15)25-14/h1-8,11,14H,9-10H2,(H,19,20)(H2,21,22,23). The first-order valence-electron chi connectivity index (χ1n) is 7.65. The van der Waals surface area contributed by atoms with E-state index < -0.39 is 6.03 Å². The number of para-hydroxylation sites is 2. The van der Waals surface area contributed by atoms with E-state index in [0.717, 1.165) is 5.75 Å². The first-order chi connectivity index (χ1) is 12.2. The molecule has 2 aromatic carbocycles. The van der Waals surface area contributed by atoms with E-state index in [4.69, 9.17) is 9.47 Å². The molecular weight excluding hydrogens is 327 g/mol. The quantitative estimate of drug-likeness (QED) is 0.442. The Hall–Kier alpha value is -3.29. The highest BCUT2D eigenvalue weighted by Gasteiger charge is 2.19. The fourth-order valence-corrected chi connectivity index (χ4v) is 2.16. The average molecular weight is 344 g/mol. The minimum absolute atomic E-state index is 0.194. The van der Waals surface area contributed by atoms with Crippen LogP contribution in [0.4, 0.5) is 14.9 Å². The molecule has 25 heavy (non-hydrogen) atoms. The van der Waals surface area contributed by atoms with Gasteiger partial charge in [-0.2, -0.15) is 0 Å². The monoisotopic (exact) mass is 344 g/mol. The van der Waals surface area contributed by atoms with Crippen LogP contribution < -0.4 is 25.6 Å². The van der Waals surface area contributed by atoms with Crippen molar-refractivity contribution in [1.29, 1.82) is 0 Å². The number of carbonyl (C=O) groups is 1. The van der Waals surface area contributed by atoms with Crippen LogP contribution in [0.15, 0.2) is 53.5 Å². The normalized spacial score (nSPS) is 15.6. The number of hydrazine groups is 1. The maximum atomic E-state index is 12.8. The van der Waals surface area contributed by atoms with Crippen LogP contribution in [0.2, 0.25) is 0 Å². The maximum absolute atomic E-state index is 12.8.